The normalized spacial score (nSPS) is 21.2. The quantitative estimate of drug-likeness (QED) is 0.285. The number of hydrogen-bond acceptors (Lipinski definition) is 11. The van der Waals surface area contributed by atoms with Crippen molar-refractivity contribution < 1.29 is 29.3 Å². The number of ether oxygens (including phenoxy) is 2. The van der Waals surface area contributed by atoms with Gasteiger partial charge in [0.2, 0.25) is 5.82 Å². The summed E-state index contributed by atoms with van der Waals surface area (Å²) in [5, 5.41) is 25.0. The molecule has 0 saturated carbocycles. The van der Waals surface area contributed by atoms with E-state index in [1.54, 1.807) is 24.1 Å². The summed E-state index contributed by atoms with van der Waals surface area (Å²) in [6, 6.07) is 3.54. The number of methoxy groups -OCH3 is 1. The van der Waals surface area contributed by atoms with Crippen LogP contribution in [0.5, 0.6) is 0 Å². The van der Waals surface area contributed by atoms with Crippen LogP contribution >= 0.6 is 11.3 Å². The molecule has 3 aromatic heterocycles. The average molecular weight is 516 g/mol. The number of likely N-dealkylation sites (N-methyl/N-ethyl adjacent to an activating group) is 1. The molecule has 0 radical (unpaired) electrons. The number of carbonyl (C=O) groups is 2. The maximum atomic E-state index is 12.8. The molecule has 4 heterocycles. The van der Waals surface area contributed by atoms with Crippen LogP contribution in [-0.2, 0) is 14.3 Å². The smallest absolute Gasteiger partial charge is 0.264 e. The number of aliphatic hydroxyl groups is 2. The van der Waals surface area contributed by atoms with Crippen LogP contribution in [0.4, 0.5) is 5.82 Å². The Balaban J connectivity index is 1.59. The summed E-state index contributed by atoms with van der Waals surface area (Å²) in [5.41, 5.74) is 6.49. The van der Waals surface area contributed by atoms with Crippen molar-refractivity contribution in [2.45, 2.75) is 24.5 Å². The zero-order chi connectivity index (χ0) is 25.8. The number of nitrogens with two attached hydrogens (primary N) is 1. The lowest BCUT2D eigenvalue weighted by Crippen LogP contribution is -2.41. The lowest BCUT2D eigenvalue weighted by atomic mass is 10.1. The Morgan fingerprint density at radius 2 is 2.17 bits per heavy atom. The van der Waals surface area contributed by atoms with Gasteiger partial charge < -0.3 is 35.6 Å². The molecule has 4 atom stereocenters. The molecule has 1 saturated heterocycles. The van der Waals surface area contributed by atoms with Gasteiger partial charge >= 0.3 is 0 Å². The van der Waals surface area contributed by atoms with E-state index < -0.39 is 30.4 Å². The molecule has 1 aliphatic rings. The Kier molecular flexibility index (Phi) is 7.77. The van der Waals surface area contributed by atoms with Crippen LogP contribution in [0, 0.1) is 11.8 Å². The monoisotopic (exact) mass is 515 g/mol. The number of rotatable bonds is 7. The molecule has 4 rings (SSSR count). The highest BCUT2D eigenvalue weighted by molar-refractivity contribution is 7.12. The minimum Gasteiger partial charge on any atom is -0.387 e. The van der Waals surface area contributed by atoms with Crippen LogP contribution in [0.3, 0.4) is 0 Å². The van der Waals surface area contributed by atoms with Gasteiger partial charge in [-0.05, 0) is 17.4 Å². The van der Waals surface area contributed by atoms with E-state index in [0.717, 1.165) is 0 Å². The molecule has 1 unspecified atom stereocenters. The number of amides is 2. The summed E-state index contributed by atoms with van der Waals surface area (Å²) in [6.45, 7) is 0.799. The number of thiophene rings is 1. The number of fused-ring (bicyclic) bond motifs is 1. The number of nitrogens with zero attached hydrogens (tertiary/aromatic N) is 5. The molecule has 1 aliphatic heterocycles. The summed E-state index contributed by atoms with van der Waals surface area (Å²) < 4.78 is 12.1. The largest absolute Gasteiger partial charge is 0.387 e. The van der Waals surface area contributed by atoms with Crippen molar-refractivity contribution in [3.63, 3.8) is 0 Å². The fraction of sp³-hybridized carbons (Fsp3) is 0.409. The maximum absolute atomic E-state index is 12.8. The summed E-state index contributed by atoms with van der Waals surface area (Å²) in [7, 11) is 2.95. The zero-order valence-corrected chi connectivity index (χ0v) is 20.3. The first-order chi connectivity index (χ1) is 17.3. The van der Waals surface area contributed by atoms with E-state index in [1.807, 2.05) is 5.38 Å². The lowest BCUT2D eigenvalue weighted by Gasteiger charge is -2.18. The van der Waals surface area contributed by atoms with Gasteiger partial charge in [-0.2, -0.15) is 0 Å². The highest BCUT2D eigenvalue weighted by atomic mass is 32.1. The topological polar surface area (TPSA) is 178 Å². The van der Waals surface area contributed by atoms with Crippen LogP contribution < -0.4 is 11.1 Å². The van der Waals surface area contributed by atoms with E-state index in [0.29, 0.717) is 18.0 Å². The fourth-order valence-electron chi connectivity index (χ4n) is 3.65. The van der Waals surface area contributed by atoms with Crippen LogP contribution in [0.15, 0.2) is 23.8 Å². The molecule has 0 spiro atoms. The van der Waals surface area contributed by atoms with Crippen molar-refractivity contribution in [3.8, 4) is 11.8 Å². The molecule has 0 bridgehead atoms. The van der Waals surface area contributed by atoms with Crippen LogP contribution in [0.2, 0.25) is 0 Å². The third-order valence-electron chi connectivity index (χ3n) is 5.52. The van der Waals surface area contributed by atoms with E-state index in [1.165, 1.54) is 29.3 Å². The van der Waals surface area contributed by atoms with Gasteiger partial charge in [0, 0.05) is 20.7 Å². The highest BCUT2D eigenvalue weighted by Gasteiger charge is 2.47. The Labute approximate surface area is 209 Å². The van der Waals surface area contributed by atoms with Gasteiger partial charge in [0.25, 0.3) is 11.8 Å². The summed E-state index contributed by atoms with van der Waals surface area (Å²) in [6.07, 6.45) is -3.97. The number of aromatic nitrogens is 4. The van der Waals surface area contributed by atoms with Crippen molar-refractivity contribution in [2.24, 2.45) is 0 Å². The minimum atomic E-state index is -1.45. The Morgan fingerprint density at radius 3 is 2.86 bits per heavy atom. The number of carbonyl (C=O) groups excluding carboxylic acids is 2. The molecule has 2 amide bonds. The van der Waals surface area contributed by atoms with E-state index >= 15 is 0 Å². The van der Waals surface area contributed by atoms with Gasteiger partial charge in [-0.1, -0.05) is 12.0 Å². The average Bonchev–Trinajstić information content (AvgIpc) is 3.61. The number of nitrogens with one attached hydrogen (secondary N) is 1. The van der Waals surface area contributed by atoms with Crippen molar-refractivity contribution in [3.05, 3.63) is 34.5 Å². The molecular weight excluding hydrogens is 490 g/mol. The fourth-order valence-corrected chi connectivity index (χ4v) is 4.34. The summed E-state index contributed by atoms with van der Waals surface area (Å²) >= 11 is 1.34. The number of aliphatic hydroxyl groups excluding tert-OH is 2. The van der Waals surface area contributed by atoms with Crippen LogP contribution in [0.25, 0.3) is 11.2 Å². The molecule has 0 aliphatic carbocycles. The van der Waals surface area contributed by atoms with E-state index in [-0.39, 0.29) is 35.3 Å². The zero-order valence-electron chi connectivity index (χ0n) is 19.5. The first-order valence-corrected chi connectivity index (χ1v) is 11.8. The van der Waals surface area contributed by atoms with Crippen molar-refractivity contribution in [2.75, 3.05) is 39.6 Å². The molecule has 1 fully saturated rings. The van der Waals surface area contributed by atoms with Gasteiger partial charge in [0.1, 0.15) is 17.7 Å². The Bertz CT molecular complexity index is 1300. The van der Waals surface area contributed by atoms with Crippen LogP contribution in [-0.4, -0.2) is 98.6 Å². The molecular formula is C22H25N7O6S. The van der Waals surface area contributed by atoms with Gasteiger partial charge in [-0.3, -0.25) is 14.2 Å². The van der Waals surface area contributed by atoms with Crippen LogP contribution in [0.1, 0.15) is 21.7 Å². The van der Waals surface area contributed by atoms with E-state index in [4.69, 9.17) is 15.2 Å². The Hall–Kier alpha value is -3.61. The second-order valence-corrected chi connectivity index (χ2v) is 8.75. The third-order valence-corrected chi connectivity index (χ3v) is 6.38. The molecule has 14 heteroatoms. The van der Waals surface area contributed by atoms with Crippen molar-refractivity contribution >= 4 is 40.1 Å². The molecule has 3 aromatic rings. The van der Waals surface area contributed by atoms with Gasteiger partial charge in [-0.15, -0.1) is 11.3 Å². The summed E-state index contributed by atoms with van der Waals surface area (Å²) in [5.74, 6) is 5.06. The number of imidazole rings is 1. The second-order valence-electron chi connectivity index (χ2n) is 7.80. The minimum absolute atomic E-state index is 0.0461. The maximum Gasteiger partial charge on any atom is 0.264 e. The van der Waals surface area contributed by atoms with E-state index in [2.05, 4.69) is 32.1 Å². The lowest BCUT2D eigenvalue weighted by molar-refractivity contribution is -0.137. The third kappa shape index (κ3) is 5.01. The van der Waals surface area contributed by atoms with Gasteiger partial charge in [0.05, 0.1) is 24.4 Å². The predicted octanol–water partition coefficient (Wildman–Crippen LogP) is -1.02. The number of hydrogen-bond donors (Lipinski definition) is 4. The van der Waals surface area contributed by atoms with Crippen molar-refractivity contribution in [1.82, 2.24) is 29.7 Å². The molecule has 190 valence electrons. The molecule has 13 nitrogen and oxygen atoms in total. The molecule has 36 heavy (non-hydrogen) atoms. The number of anilines is 1. The summed E-state index contributed by atoms with van der Waals surface area (Å²) in [4.78, 5) is 39.6. The van der Waals surface area contributed by atoms with Gasteiger partial charge in [0.15, 0.2) is 23.8 Å². The molecule has 0 aromatic carbocycles. The SMILES string of the molecule is CNC(=O)[C@H]1O[C@@H](n2cnc3c(N)nc(C#CCN(CCOC)C(=O)c4cccs4)nc32)C(O)[C@@H]1O. The standard InChI is InChI=1S/C22H25N7O6S/c1-24-20(32)17-15(30)16(31)22(35-17)29-11-25-14-18(23)26-13(27-19(14)29)6-3-7-28(8-9-34-2)21(33)12-5-4-10-36-12/h4-5,10-11,15-17,22,30-31H,7-9H2,1-2H3,(H,24,32)(H2,23,26,27)/t15-,16?,17-,22+/m0/s1. The predicted molar refractivity (Wildman–Crippen MR) is 129 cm³/mol. The molecule has 5 N–H and O–H groups in total. The van der Waals surface area contributed by atoms with E-state index in [9.17, 15) is 19.8 Å². The highest BCUT2D eigenvalue weighted by Crippen LogP contribution is 2.32. The first kappa shape index (κ1) is 25.5. The first-order valence-electron chi connectivity index (χ1n) is 10.9. The van der Waals surface area contributed by atoms with Crippen molar-refractivity contribution in [1.29, 1.82) is 0 Å². The second kappa shape index (κ2) is 11.0. The number of nitrogen functional groups attached to an aromatic ring is 1. The Morgan fingerprint density at radius 1 is 1.36 bits per heavy atom. The van der Waals surface area contributed by atoms with Gasteiger partial charge in [-0.25, -0.2) is 15.0 Å².